The molecule has 1 aliphatic heterocycles. The third kappa shape index (κ3) is 5.92. The molecule has 1 fully saturated rings. The molecule has 0 radical (unpaired) electrons. The van der Waals surface area contributed by atoms with Crippen LogP contribution in [-0.2, 0) is 11.0 Å². The first-order valence-corrected chi connectivity index (χ1v) is 13.0. The molecule has 1 atom stereocenters. The number of aromatic nitrogens is 1. The number of carbonyl (C=O) groups excluding carboxylic acids is 1. The summed E-state index contributed by atoms with van der Waals surface area (Å²) in [4.78, 5) is 31.7. The van der Waals surface area contributed by atoms with Crippen molar-refractivity contribution >= 4 is 44.5 Å². The highest BCUT2D eigenvalue weighted by Gasteiger charge is 2.37. The second kappa shape index (κ2) is 11.3. The van der Waals surface area contributed by atoms with Gasteiger partial charge in [0.25, 0.3) is 5.91 Å². The number of hydrogen-bond acceptors (Lipinski definition) is 4. The van der Waals surface area contributed by atoms with Crippen LogP contribution in [0.3, 0.4) is 0 Å². The number of carbonyl (C=O) groups is 2. The lowest BCUT2D eigenvalue weighted by Gasteiger charge is -2.24. The number of rotatable bonds is 8. The molecular weight excluding hydrogens is 570 g/mol. The van der Waals surface area contributed by atoms with Crippen molar-refractivity contribution in [2.24, 2.45) is 0 Å². The predicted octanol–water partition coefficient (Wildman–Crippen LogP) is 6.44. The maximum Gasteiger partial charge on any atom is 0.416 e. The fraction of sp³-hybridized carbons (Fsp3) is 0.370. The van der Waals surface area contributed by atoms with Crippen LogP contribution in [0, 0.1) is 12.7 Å². The molecule has 0 bridgehead atoms. The zero-order valence-electron chi connectivity index (χ0n) is 20.5. The van der Waals surface area contributed by atoms with Crippen LogP contribution < -0.4 is 10.2 Å². The number of anilines is 1. The summed E-state index contributed by atoms with van der Waals surface area (Å²) < 4.78 is 56.7. The molecule has 1 amide bonds. The molecule has 1 aromatic heterocycles. The minimum absolute atomic E-state index is 0.291. The van der Waals surface area contributed by atoms with Crippen LogP contribution in [0.15, 0.2) is 40.9 Å². The minimum Gasteiger partial charge on any atom is -0.481 e. The van der Waals surface area contributed by atoms with Gasteiger partial charge in [0, 0.05) is 53.0 Å². The molecule has 0 saturated carbocycles. The fourth-order valence-corrected chi connectivity index (χ4v) is 5.36. The highest BCUT2D eigenvalue weighted by Crippen LogP contribution is 2.38. The summed E-state index contributed by atoms with van der Waals surface area (Å²) >= 11 is 3.41. The molecule has 11 heteroatoms. The Morgan fingerprint density at radius 2 is 1.89 bits per heavy atom. The molecule has 1 aliphatic rings. The Bertz CT molecular complexity index is 1370. The third-order valence-electron chi connectivity index (χ3n) is 6.78. The summed E-state index contributed by atoms with van der Waals surface area (Å²) in [5, 5.41) is 12.4. The van der Waals surface area contributed by atoms with Gasteiger partial charge in [0.1, 0.15) is 11.6 Å². The lowest BCUT2D eigenvalue weighted by atomic mass is 9.89. The van der Waals surface area contributed by atoms with E-state index in [-0.39, 0.29) is 13.0 Å². The highest BCUT2D eigenvalue weighted by molar-refractivity contribution is 9.10. The number of pyridine rings is 1. The number of halogens is 5. The van der Waals surface area contributed by atoms with Gasteiger partial charge in [-0.25, -0.2) is 9.37 Å². The molecule has 1 saturated heterocycles. The number of nitrogens with one attached hydrogen (secondary N) is 1. The maximum absolute atomic E-state index is 14.8. The van der Waals surface area contributed by atoms with Gasteiger partial charge in [-0.2, -0.15) is 13.2 Å². The third-order valence-corrected chi connectivity index (χ3v) is 7.27. The van der Waals surface area contributed by atoms with E-state index >= 15 is 0 Å². The largest absolute Gasteiger partial charge is 0.481 e. The molecule has 2 aromatic carbocycles. The Hall–Kier alpha value is -3.21. The van der Waals surface area contributed by atoms with Crippen molar-refractivity contribution in [1.82, 2.24) is 10.3 Å². The number of hydrogen-bond donors (Lipinski definition) is 2. The first-order valence-electron chi connectivity index (χ1n) is 12.2. The van der Waals surface area contributed by atoms with Crippen LogP contribution in [0.5, 0.6) is 0 Å². The molecule has 3 aromatic rings. The van der Waals surface area contributed by atoms with Gasteiger partial charge >= 0.3 is 12.1 Å². The summed E-state index contributed by atoms with van der Waals surface area (Å²) in [5.74, 6) is -3.44. The lowest BCUT2D eigenvalue weighted by molar-refractivity contribution is -0.138. The van der Waals surface area contributed by atoms with Crippen molar-refractivity contribution in [3.05, 3.63) is 68.9 Å². The summed E-state index contributed by atoms with van der Waals surface area (Å²) in [5.41, 5.74) is -0.313. The smallest absolute Gasteiger partial charge is 0.416 e. The normalized spacial score (nSPS) is 14.6. The monoisotopic (exact) mass is 595 g/mol. The summed E-state index contributed by atoms with van der Waals surface area (Å²) in [7, 11) is 0. The minimum atomic E-state index is -4.85. The number of amides is 1. The Kier molecular flexibility index (Phi) is 8.25. The van der Waals surface area contributed by atoms with E-state index in [1.54, 1.807) is 25.1 Å². The summed E-state index contributed by atoms with van der Waals surface area (Å²) in [6, 6.07) is 7.95. The number of nitrogens with zero attached hydrogens (tertiary/aromatic N) is 2. The van der Waals surface area contributed by atoms with Crippen molar-refractivity contribution in [2.45, 2.75) is 44.7 Å². The van der Waals surface area contributed by atoms with E-state index in [0.717, 1.165) is 48.6 Å². The SMILES string of the molecule is Cc1c(N2CCCC2)nc2ccc(Br)cc2c1C(=O)NCC(CCC(=O)O)c1c(F)cccc1C(F)(F)F. The van der Waals surface area contributed by atoms with Crippen LogP contribution in [0.4, 0.5) is 23.4 Å². The molecule has 202 valence electrons. The second-order valence-corrected chi connectivity index (χ2v) is 10.2. The standard InChI is InChI=1S/C27H26BrF4N3O3/c1-15-23(18-13-17(28)8-9-21(18)34-25(15)35-11-2-3-12-35)26(38)33-14-16(7-10-22(36)37)24-19(27(30,31)32)5-4-6-20(24)29/h4-6,8-9,13,16H,2-3,7,10-12,14H2,1H3,(H,33,38)(H,36,37). The molecule has 1 unspecified atom stereocenters. The quantitative estimate of drug-likeness (QED) is 0.293. The number of benzene rings is 2. The molecular formula is C27H26BrF4N3O3. The van der Waals surface area contributed by atoms with Gasteiger partial charge < -0.3 is 15.3 Å². The van der Waals surface area contributed by atoms with Crippen LogP contribution in [0.25, 0.3) is 10.9 Å². The van der Waals surface area contributed by atoms with E-state index < -0.39 is 47.3 Å². The van der Waals surface area contributed by atoms with Gasteiger partial charge in [-0.15, -0.1) is 0 Å². The zero-order chi connectivity index (χ0) is 27.6. The summed E-state index contributed by atoms with van der Waals surface area (Å²) in [6.07, 6.45) is -3.64. The van der Waals surface area contributed by atoms with Crippen LogP contribution in [-0.4, -0.2) is 41.6 Å². The van der Waals surface area contributed by atoms with Crippen molar-refractivity contribution < 1.29 is 32.3 Å². The molecule has 38 heavy (non-hydrogen) atoms. The number of fused-ring (bicyclic) bond motifs is 1. The van der Waals surface area contributed by atoms with Gasteiger partial charge in [0.05, 0.1) is 16.6 Å². The van der Waals surface area contributed by atoms with Crippen molar-refractivity contribution in [3.63, 3.8) is 0 Å². The Morgan fingerprint density at radius 3 is 2.55 bits per heavy atom. The highest BCUT2D eigenvalue weighted by atomic mass is 79.9. The van der Waals surface area contributed by atoms with E-state index in [1.807, 2.05) is 0 Å². The number of aliphatic carboxylic acids is 1. The van der Waals surface area contributed by atoms with Crippen LogP contribution in [0.2, 0.25) is 0 Å². The van der Waals surface area contributed by atoms with Crippen molar-refractivity contribution in [2.75, 3.05) is 24.5 Å². The summed E-state index contributed by atoms with van der Waals surface area (Å²) in [6.45, 7) is 2.98. The Labute approximate surface area is 225 Å². The number of alkyl halides is 3. The van der Waals surface area contributed by atoms with E-state index in [1.165, 1.54) is 0 Å². The van der Waals surface area contributed by atoms with Gasteiger partial charge in [-0.1, -0.05) is 22.0 Å². The average Bonchev–Trinajstić information content (AvgIpc) is 3.38. The molecule has 2 heterocycles. The molecule has 0 spiro atoms. The Morgan fingerprint density at radius 1 is 1.18 bits per heavy atom. The van der Waals surface area contributed by atoms with E-state index in [2.05, 4.69) is 26.1 Å². The first-order chi connectivity index (χ1) is 18.0. The van der Waals surface area contributed by atoms with Gasteiger partial charge in [-0.05, 0) is 56.5 Å². The lowest BCUT2D eigenvalue weighted by Crippen LogP contribution is -2.31. The van der Waals surface area contributed by atoms with E-state index in [0.29, 0.717) is 27.8 Å². The maximum atomic E-state index is 14.8. The van der Waals surface area contributed by atoms with Crippen molar-refractivity contribution in [1.29, 1.82) is 0 Å². The average molecular weight is 596 g/mol. The van der Waals surface area contributed by atoms with E-state index in [9.17, 15) is 27.2 Å². The Balaban J connectivity index is 1.72. The molecule has 0 aliphatic carbocycles. The van der Waals surface area contributed by atoms with Gasteiger partial charge in [0.2, 0.25) is 0 Å². The van der Waals surface area contributed by atoms with E-state index in [4.69, 9.17) is 10.1 Å². The zero-order valence-corrected chi connectivity index (χ0v) is 22.1. The second-order valence-electron chi connectivity index (χ2n) is 9.33. The van der Waals surface area contributed by atoms with Crippen LogP contribution in [0.1, 0.15) is 58.6 Å². The fourth-order valence-electron chi connectivity index (χ4n) is 5.00. The van der Waals surface area contributed by atoms with Gasteiger partial charge in [0.15, 0.2) is 0 Å². The first kappa shape index (κ1) is 27.8. The molecule has 6 nitrogen and oxygen atoms in total. The van der Waals surface area contributed by atoms with Gasteiger partial charge in [-0.3, -0.25) is 9.59 Å². The topological polar surface area (TPSA) is 82.5 Å². The molecule has 2 N–H and O–H groups in total. The van der Waals surface area contributed by atoms with Crippen molar-refractivity contribution in [3.8, 4) is 0 Å². The molecule has 4 rings (SSSR count). The number of carboxylic acids is 1. The number of carboxylic acid groups (broad SMARTS) is 1. The van der Waals surface area contributed by atoms with Crippen LogP contribution >= 0.6 is 15.9 Å². The predicted molar refractivity (Wildman–Crippen MR) is 139 cm³/mol.